The second kappa shape index (κ2) is 7.06. The van der Waals surface area contributed by atoms with Crippen LogP contribution < -0.4 is 10.9 Å². The highest BCUT2D eigenvalue weighted by molar-refractivity contribution is 7.98. The minimum atomic E-state index is -0.0226. The average Bonchev–Trinajstić information content (AvgIpc) is 3.36. The highest BCUT2D eigenvalue weighted by Crippen LogP contribution is 2.35. The van der Waals surface area contributed by atoms with Gasteiger partial charge < -0.3 is 10.3 Å². The van der Waals surface area contributed by atoms with Gasteiger partial charge in [0.25, 0.3) is 5.56 Å². The Kier molecular flexibility index (Phi) is 4.42. The van der Waals surface area contributed by atoms with Crippen LogP contribution >= 0.6 is 34.4 Å². The van der Waals surface area contributed by atoms with Crippen molar-refractivity contribution in [2.45, 2.75) is 30.2 Å². The lowest BCUT2D eigenvalue weighted by atomic mass is 10.2. The maximum absolute atomic E-state index is 12.5. The summed E-state index contributed by atoms with van der Waals surface area (Å²) < 4.78 is 0. The molecule has 136 valence electrons. The average molecular weight is 414 g/mol. The lowest BCUT2D eigenvalue weighted by Gasteiger charge is -2.00. The number of nitrogens with zero attached hydrogens (tertiary/aromatic N) is 3. The highest BCUT2D eigenvalue weighted by atomic mass is 32.2. The van der Waals surface area contributed by atoms with Gasteiger partial charge in [-0.2, -0.15) is 0 Å². The van der Waals surface area contributed by atoms with E-state index in [1.165, 1.54) is 33.5 Å². The number of rotatable bonds is 5. The minimum Gasteiger partial charge on any atom is -0.330 e. The van der Waals surface area contributed by atoms with Gasteiger partial charge in [0.05, 0.1) is 11.1 Å². The van der Waals surface area contributed by atoms with E-state index >= 15 is 0 Å². The number of nitrogens with one attached hydrogen (secondary N) is 2. The second-order valence-corrected chi connectivity index (χ2v) is 9.30. The molecule has 0 aliphatic heterocycles. The summed E-state index contributed by atoms with van der Waals surface area (Å²) in [6, 6.07) is 9.88. The molecular formula is C18H15N5OS3. The zero-order valence-corrected chi connectivity index (χ0v) is 16.6. The van der Waals surface area contributed by atoms with Crippen LogP contribution in [0.4, 0.5) is 10.8 Å². The molecule has 0 saturated carbocycles. The molecule has 27 heavy (non-hydrogen) atoms. The molecular weight excluding hydrogens is 398 g/mol. The number of aromatic nitrogens is 4. The van der Waals surface area contributed by atoms with Crippen molar-refractivity contribution in [2.24, 2.45) is 0 Å². The normalized spacial score (nSPS) is 13.2. The molecule has 3 aromatic heterocycles. The first-order valence-electron chi connectivity index (χ1n) is 8.58. The van der Waals surface area contributed by atoms with Crippen LogP contribution in [-0.4, -0.2) is 20.2 Å². The maximum Gasteiger partial charge on any atom is 0.260 e. The lowest BCUT2D eigenvalue weighted by molar-refractivity contribution is 0.913. The molecule has 6 nitrogen and oxygen atoms in total. The highest BCUT2D eigenvalue weighted by Gasteiger charge is 2.21. The summed E-state index contributed by atoms with van der Waals surface area (Å²) in [6.07, 6.45) is 3.21. The Labute approximate surface area is 167 Å². The van der Waals surface area contributed by atoms with E-state index in [1.807, 2.05) is 30.3 Å². The van der Waals surface area contributed by atoms with Gasteiger partial charge in [-0.05, 0) is 37.0 Å². The Balaban J connectivity index is 1.31. The molecule has 0 radical (unpaired) electrons. The number of fused-ring (bicyclic) bond motifs is 3. The van der Waals surface area contributed by atoms with Crippen LogP contribution in [0, 0.1) is 0 Å². The third kappa shape index (κ3) is 3.38. The van der Waals surface area contributed by atoms with Crippen molar-refractivity contribution >= 4 is 55.5 Å². The number of benzene rings is 1. The molecule has 0 spiro atoms. The fraction of sp³-hybridized carbons (Fsp3) is 0.222. The molecule has 0 atom stereocenters. The summed E-state index contributed by atoms with van der Waals surface area (Å²) in [5, 5.41) is 14.7. The van der Waals surface area contributed by atoms with Crippen LogP contribution in [-0.2, 0) is 18.6 Å². The van der Waals surface area contributed by atoms with Gasteiger partial charge in [-0.1, -0.05) is 41.3 Å². The molecule has 0 unspecified atom stereocenters. The number of thiophene rings is 1. The fourth-order valence-corrected chi connectivity index (χ4v) is 6.11. The van der Waals surface area contributed by atoms with E-state index in [1.54, 1.807) is 11.3 Å². The zero-order chi connectivity index (χ0) is 18.2. The standard InChI is InChI=1S/C18H15N5OS3/c24-15-14-11-7-4-8-12(11)26-16(14)21-17(20-15)25-9-13-22-23-18(27-13)19-10-5-2-1-3-6-10/h1-3,5-6H,4,7-9H2,(H,19,23)(H,20,21,24). The summed E-state index contributed by atoms with van der Waals surface area (Å²) in [5.74, 6) is 0.619. The van der Waals surface area contributed by atoms with Gasteiger partial charge in [0.15, 0.2) is 5.16 Å². The van der Waals surface area contributed by atoms with Crippen LogP contribution in [0.1, 0.15) is 21.9 Å². The quantitative estimate of drug-likeness (QED) is 0.374. The van der Waals surface area contributed by atoms with E-state index in [4.69, 9.17) is 0 Å². The SMILES string of the molecule is O=c1[nH]c(SCc2nnc(Nc3ccccc3)s2)nc2sc3c(c12)CCC3. The summed E-state index contributed by atoms with van der Waals surface area (Å²) >= 11 is 4.65. The number of H-pyrrole nitrogens is 1. The van der Waals surface area contributed by atoms with E-state index in [-0.39, 0.29) is 5.56 Å². The predicted octanol–water partition coefficient (Wildman–Crippen LogP) is 4.36. The maximum atomic E-state index is 12.5. The van der Waals surface area contributed by atoms with Crippen LogP contribution in [0.15, 0.2) is 40.3 Å². The van der Waals surface area contributed by atoms with Crippen molar-refractivity contribution in [3.63, 3.8) is 0 Å². The first kappa shape index (κ1) is 16.9. The first-order valence-corrected chi connectivity index (χ1v) is 11.2. The van der Waals surface area contributed by atoms with Gasteiger partial charge in [0, 0.05) is 10.6 Å². The van der Waals surface area contributed by atoms with Gasteiger partial charge in [-0.15, -0.1) is 21.5 Å². The largest absolute Gasteiger partial charge is 0.330 e. The molecule has 9 heteroatoms. The van der Waals surface area contributed by atoms with Crippen molar-refractivity contribution in [1.29, 1.82) is 0 Å². The monoisotopic (exact) mass is 413 g/mol. The Morgan fingerprint density at radius 2 is 2.04 bits per heavy atom. The topological polar surface area (TPSA) is 83.6 Å². The Hall–Kier alpha value is -2.23. The molecule has 1 aromatic carbocycles. The van der Waals surface area contributed by atoms with Gasteiger partial charge >= 0.3 is 0 Å². The van der Waals surface area contributed by atoms with Crippen molar-refractivity contribution in [3.05, 3.63) is 56.1 Å². The van der Waals surface area contributed by atoms with Gasteiger partial charge in [0.1, 0.15) is 9.84 Å². The minimum absolute atomic E-state index is 0.0226. The van der Waals surface area contributed by atoms with Crippen LogP contribution in [0.3, 0.4) is 0 Å². The first-order chi connectivity index (χ1) is 13.3. The Morgan fingerprint density at radius 1 is 1.15 bits per heavy atom. The lowest BCUT2D eigenvalue weighted by Crippen LogP contribution is -2.09. The van der Waals surface area contributed by atoms with Crippen molar-refractivity contribution in [1.82, 2.24) is 20.2 Å². The summed E-state index contributed by atoms with van der Waals surface area (Å²) in [4.78, 5) is 22.3. The molecule has 0 amide bonds. The molecule has 2 N–H and O–H groups in total. The smallest absolute Gasteiger partial charge is 0.260 e. The predicted molar refractivity (Wildman–Crippen MR) is 111 cm³/mol. The third-order valence-electron chi connectivity index (χ3n) is 4.38. The van der Waals surface area contributed by atoms with Crippen molar-refractivity contribution < 1.29 is 0 Å². The van der Waals surface area contributed by atoms with Gasteiger partial charge in [-0.25, -0.2) is 4.98 Å². The van der Waals surface area contributed by atoms with E-state index < -0.39 is 0 Å². The molecule has 0 saturated heterocycles. The third-order valence-corrected chi connectivity index (χ3v) is 7.47. The molecule has 1 aliphatic carbocycles. The summed E-state index contributed by atoms with van der Waals surface area (Å²) in [6.45, 7) is 0. The zero-order valence-electron chi connectivity index (χ0n) is 14.2. The van der Waals surface area contributed by atoms with Crippen LogP contribution in [0.25, 0.3) is 10.2 Å². The molecule has 3 heterocycles. The number of aryl methyl sites for hydroxylation is 2. The van der Waals surface area contributed by atoms with Gasteiger partial charge in [0.2, 0.25) is 5.13 Å². The van der Waals surface area contributed by atoms with E-state index in [0.29, 0.717) is 10.9 Å². The summed E-state index contributed by atoms with van der Waals surface area (Å²) in [5.41, 5.74) is 2.17. The number of anilines is 2. The van der Waals surface area contributed by atoms with Crippen molar-refractivity contribution in [3.8, 4) is 0 Å². The molecule has 1 aliphatic rings. The Morgan fingerprint density at radius 3 is 2.93 bits per heavy atom. The van der Waals surface area contributed by atoms with Crippen molar-refractivity contribution in [2.75, 3.05) is 5.32 Å². The van der Waals surface area contributed by atoms with E-state index in [9.17, 15) is 4.79 Å². The number of hydrogen-bond donors (Lipinski definition) is 2. The second-order valence-electron chi connectivity index (χ2n) is 6.19. The van der Waals surface area contributed by atoms with Crippen LogP contribution in [0.5, 0.6) is 0 Å². The molecule has 0 fully saturated rings. The number of aromatic amines is 1. The van der Waals surface area contributed by atoms with E-state index in [2.05, 4.69) is 25.5 Å². The number of para-hydroxylation sites is 1. The summed E-state index contributed by atoms with van der Waals surface area (Å²) in [7, 11) is 0. The number of thioether (sulfide) groups is 1. The van der Waals surface area contributed by atoms with Gasteiger partial charge in [-0.3, -0.25) is 4.79 Å². The molecule has 0 bridgehead atoms. The Bertz CT molecular complexity index is 1160. The molecule has 5 rings (SSSR count). The van der Waals surface area contributed by atoms with Crippen LogP contribution in [0.2, 0.25) is 0 Å². The van der Waals surface area contributed by atoms with E-state index in [0.717, 1.165) is 45.3 Å². The number of hydrogen-bond acceptors (Lipinski definition) is 8. The fourth-order valence-electron chi connectivity index (χ4n) is 3.19. The molecule has 4 aromatic rings.